The minimum Gasteiger partial charge on any atom is -0.340 e. The quantitative estimate of drug-likeness (QED) is 0.863. The molecule has 1 fully saturated rings. The summed E-state index contributed by atoms with van der Waals surface area (Å²) in [6.45, 7) is 0. The molecule has 146 valence electrons. The Bertz CT molecular complexity index is 911. The summed E-state index contributed by atoms with van der Waals surface area (Å²) in [4.78, 5) is 23.8. The van der Waals surface area contributed by atoms with Crippen molar-refractivity contribution in [2.24, 2.45) is 13.0 Å². The van der Waals surface area contributed by atoms with E-state index >= 15 is 0 Å². The highest BCUT2D eigenvalue weighted by atomic mass is 19.1. The second-order valence-electron chi connectivity index (χ2n) is 7.42. The zero-order chi connectivity index (χ0) is 20.1. The van der Waals surface area contributed by atoms with Crippen LogP contribution in [-0.4, -0.2) is 16.5 Å². The number of hydrogen-bond donors (Lipinski definition) is 1. The zero-order valence-corrected chi connectivity index (χ0v) is 16.0. The molecule has 0 aliphatic heterocycles. The largest absolute Gasteiger partial charge is 0.340 e. The SMILES string of the molecule is Cn1cc(-c2ccc(CC(C#N)NC(=O)C3CCCCC3)cc2)cc(F)c1=O. The minimum atomic E-state index is -0.793. The van der Waals surface area contributed by atoms with Crippen molar-refractivity contribution in [2.45, 2.75) is 44.6 Å². The molecule has 1 aliphatic rings. The Kier molecular flexibility index (Phi) is 6.25. The Morgan fingerprint density at radius 1 is 1.25 bits per heavy atom. The molecular weight excluding hydrogens is 357 g/mol. The van der Waals surface area contributed by atoms with Crippen LogP contribution in [0.3, 0.4) is 0 Å². The van der Waals surface area contributed by atoms with Gasteiger partial charge in [0.15, 0.2) is 5.82 Å². The van der Waals surface area contributed by atoms with Crippen molar-refractivity contribution in [3.05, 3.63) is 58.3 Å². The number of nitrogens with zero attached hydrogens (tertiary/aromatic N) is 2. The van der Waals surface area contributed by atoms with Crippen LogP contribution in [0.5, 0.6) is 0 Å². The molecule has 5 nitrogen and oxygen atoms in total. The standard InChI is InChI=1S/C22H24FN3O2/c1-26-14-18(12-20(23)22(26)28)16-9-7-15(8-10-16)11-19(13-24)25-21(27)17-5-3-2-4-6-17/h7-10,12,14,17,19H,2-6,11H2,1H3,(H,25,27). The first-order chi connectivity index (χ1) is 13.5. The molecule has 0 radical (unpaired) electrons. The number of halogens is 1. The van der Waals surface area contributed by atoms with Crippen LogP contribution in [0, 0.1) is 23.1 Å². The van der Waals surface area contributed by atoms with Crippen LogP contribution in [0.15, 0.2) is 41.3 Å². The molecule has 1 amide bonds. The molecule has 28 heavy (non-hydrogen) atoms. The molecule has 1 aromatic heterocycles. The van der Waals surface area contributed by atoms with Gasteiger partial charge in [0.25, 0.3) is 5.56 Å². The monoisotopic (exact) mass is 381 g/mol. The Morgan fingerprint density at radius 3 is 2.54 bits per heavy atom. The van der Waals surface area contributed by atoms with Gasteiger partial charge in [0, 0.05) is 31.1 Å². The molecule has 0 spiro atoms. The van der Waals surface area contributed by atoms with Crippen molar-refractivity contribution < 1.29 is 9.18 Å². The molecule has 1 atom stereocenters. The van der Waals surface area contributed by atoms with Crippen molar-refractivity contribution in [1.82, 2.24) is 9.88 Å². The number of aromatic nitrogens is 1. The molecule has 3 rings (SSSR count). The van der Waals surface area contributed by atoms with Crippen LogP contribution in [0.25, 0.3) is 11.1 Å². The number of rotatable bonds is 5. The summed E-state index contributed by atoms with van der Waals surface area (Å²) in [5.74, 6) is -0.797. The second kappa shape index (κ2) is 8.83. The van der Waals surface area contributed by atoms with Gasteiger partial charge in [0.2, 0.25) is 5.91 Å². The summed E-state index contributed by atoms with van der Waals surface area (Å²) in [6, 6.07) is 10.2. The van der Waals surface area contributed by atoms with Crippen LogP contribution < -0.4 is 10.9 Å². The van der Waals surface area contributed by atoms with Gasteiger partial charge in [-0.3, -0.25) is 9.59 Å². The van der Waals surface area contributed by atoms with E-state index in [2.05, 4.69) is 11.4 Å². The van der Waals surface area contributed by atoms with E-state index in [0.29, 0.717) is 12.0 Å². The van der Waals surface area contributed by atoms with Crippen LogP contribution >= 0.6 is 0 Å². The molecule has 0 saturated heterocycles. The molecule has 1 saturated carbocycles. The van der Waals surface area contributed by atoms with Gasteiger partial charge in [-0.15, -0.1) is 0 Å². The van der Waals surface area contributed by atoms with Crippen molar-refractivity contribution in [3.63, 3.8) is 0 Å². The average molecular weight is 381 g/mol. The summed E-state index contributed by atoms with van der Waals surface area (Å²) in [7, 11) is 1.51. The molecule has 2 aromatic rings. The van der Waals surface area contributed by atoms with Gasteiger partial charge in [0.05, 0.1) is 6.07 Å². The number of benzene rings is 1. The fourth-order valence-electron chi connectivity index (χ4n) is 3.68. The summed E-state index contributed by atoms with van der Waals surface area (Å²) in [5.41, 5.74) is 1.63. The average Bonchev–Trinajstić information content (AvgIpc) is 2.72. The minimum absolute atomic E-state index is 0.0200. The molecule has 1 heterocycles. The van der Waals surface area contributed by atoms with Gasteiger partial charge < -0.3 is 9.88 Å². The maximum Gasteiger partial charge on any atom is 0.286 e. The molecule has 1 aliphatic carbocycles. The Balaban J connectivity index is 1.66. The van der Waals surface area contributed by atoms with E-state index in [4.69, 9.17) is 0 Å². The highest BCUT2D eigenvalue weighted by Gasteiger charge is 2.23. The van der Waals surface area contributed by atoms with Crippen LogP contribution in [-0.2, 0) is 18.3 Å². The topological polar surface area (TPSA) is 74.9 Å². The van der Waals surface area contributed by atoms with Crippen LogP contribution in [0.4, 0.5) is 4.39 Å². The Labute approximate surface area is 163 Å². The van der Waals surface area contributed by atoms with E-state index in [0.717, 1.165) is 36.8 Å². The van der Waals surface area contributed by atoms with Crippen LogP contribution in [0.2, 0.25) is 0 Å². The molecule has 1 unspecified atom stereocenters. The molecule has 6 heteroatoms. The van der Waals surface area contributed by atoms with Gasteiger partial charge in [0.1, 0.15) is 6.04 Å². The zero-order valence-electron chi connectivity index (χ0n) is 16.0. The van der Waals surface area contributed by atoms with E-state index < -0.39 is 17.4 Å². The number of carbonyl (C=O) groups is 1. The molecular formula is C22H24FN3O2. The summed E-state index contributed by atoms with van der Waals surface area (Å²) < 4.78 is 14.9. The molecule has 1 aromatic carbocycles. The Morgan fingerprint density at radius 2 is 1.93 bits per heavy atom. The van der Waals surface area contributed by atoms with E-state index in [1.165, 1.54) is 24.1 Å². The fraction of sp³-hybridized carbons (Fsp3) is 0.409. The van der Waals surface area contributed by atoms with E-state index in [1.807, 2.05) is 24.3 Å². The number of pyridine rings is 1. The first kappa shape index (κ1) is 19.8. The predicted molar refractivity (Wildman–Crippen MR) is 105 cm³/mol. The van der Waals surface area contributed by atoms with Gasteiger partial charge >= 0.3 is 0 Å². The van der Waals surface area contributed by atoms with Gasteiger partial charge in [-0.2, -0.15) is 5.26 Å². The van der Waals surface area contributed by atoms with Gasteiger partial charge in [-0.05, 0) is 30.0 Å². The lowest BCUT2D eigenvalue weighted by molar-refractivity contribution is -0.126. The number of nitriles is 1. The number of hydrogen-bond acceptors (Lipinski definition) is 3. The summed E-state index contributed by atoms with van der Waals surface area (Å²) >= 11 is 0. The number of amides is 1. The number of aryl methyl sites for hydroxylation is 1. The maximum absolute atomic E-state index is 13.7. The Hall–Kier alpha value is -2.94. The third kappa shape index (κ3) is 4.66. The first-order valence-corrected chi connectivity index (χ1v) is 9.63. The second-order valence-corrected chi connectivity index (χ2v) is 7.42. The smallest absolute Gasteiger partial charge is 0.286 e. The van der Waals surface area contributed by atoms with E-state index in [9.17, 15) is 19.2 Å². The van der Waals surface area contributed by atoms with Crippen molar-refractivity contribution >= 4 is 5.91 Å². The lowest BCUT2D eigenvalue weighted by Gasteiger charge is -2.22. The van der Waals surface area contributed by atoms with Crippen LogP contribution in [0.1, 0.15) is 37.7 Å². The van der Waals surface area contributed by atoms with Crippen molar-refractivity contribution in [2.75, 3.05) is 0 Å². The lowest BCUT2D eigenvalue weighted by atomic mass is 9.88. The third-order valence-corrected chi connectivity index (χ3v) is 5.31. The fourth-order valence-corrected chi connectivity index (χ4v) is 3.68. The number of carbonyl (C=O) groups excluding carboxylic acids is 1. The van der Waals surface area contributed by atoms with E-state index in [-0.39, 0.29) is 11.8 Å². The highest BCUT2D eigenvalue weighted by Crippen LogP contribution is 2.24. The third-order valence-electron chi connectivity index (χ3n) is 5.31. The lowest BCUT2D eigenvalue weighted by Crippen LogP contribution is -2.40. The normalized spacial score (nSPS) is 15.6. The number of nitrogens with one attached hydrogen (secondary N) is 1. The summed E-state index contributed by atoms with van der Waals surface area (Å²) in [6.07, 6.45) is 7.12. The first-order valence-electron chi connectivity index (χ1n) is 9.63. The highest BCUT2D eigenvalue weighted by molar-refractivity contribution is 5.79. The molecule has 0 bridgehead atoms. The summed E-state index contributed by atoms with van der Waals surface area (Å²) in [5, 5.41) is 12.3. The van der Waals surface area contributed by atoms with Gasteiger partial charge in [-0.25, -0.2) is 4.39 Å². The predicted octanol–water partition coefficient (Wildman–Crippen LogP) is 3.32. The molecule has 1 N–H and O–H groups in total. The maximum atomic E-state index is 13.7. The van der Waals surface area contributed by atoms with Crippen molar-refractivity contribution in [3.8, 4) is 17.2 Å². The van der Waals surface area contributed by atoms with Gasteiger partial charge in [-0.1, -0.05) is 43.5 Å². The van der Waals surface area contributed by atoms with Crippen molar-refractivity contribution in [1.29, 1.82) is 5.26 Å². The van der Waals surface area contributed by atoms with E-state index in [1.54, 1.807) is 6.20 Å².